The molecule has 1 heteroatoms. The molecule has 3 aromatic carbocycles. The van der Waals surface area contributed by atoms with Crippen molar-refractivity contribution in [2.24, 2.45) is 5.92 Å². The number of para-hydroxylation sites is 1. The lowest BCUT2D eigenvalue weighted by molar-refractivity contribution is 0.495. The van der Waals surface area contributed by atoms with Crippen LogP contribution in [0.25, 0.3) is 22.3 Å². The van der Waals surface area contributed by atoms with Crippen molar-refractivity contribution in [3.8, 4) is 22.3 Å². The van der Waals surface area contributed by atoms with E-state index in [9.17, 15) is 0 Å². The molecule has 2 atom stereocenters. The van der Waals surface area contributed by atoms with Gasteiger partial charge in [-0.1, -0.05) is 93.1 Å². The van der Waals surface area contributed by atoms with Crippen LogP contribution in [0.5, 0.6) is 0 Å². The van der Waals surface area contributed by atoms with Gasteiger partial charge >= 0.3 is 0 Å². The summed E-state index contributed by atoms with van der Waals surface area (Å²) in [6.07, 6.45) is 1.18. The quantitative estimate of drug-likeness (QED) is 0.520. The number of nitrogens with one attached hydrogen (secondary N) is 1. The van der Waals surface area contributed by atoms with E-state index in [1.54, 1.807) is 0 Å². The second kappa shape index (κ2) is 8.02. The third-order valence-electron chi connectivity index (χ3n) is 5.11. The van der Waals surface area contributed by atoms with Gasteiger partial charge in [0.1, 0.15) is 0 Å². The third kappa shape index (κ3) is 4.11. The van der Waals surface area contributed by atoms with E-state index in [4.69, 9.17) is 0 Å². The Kier molecular flexibility index (Phi) is 5.55. The monoisotopic (exact) mass is 329 g/mol. The van der Waals surface area contributed by atoms with Crippen LogP contribution in [0.1, 0.15) is 27.2 Å². The summed E-state index contributed by atoms with van der Waals surface area (Å²) < 4.78 is 0. The standard InChI is InChI=1S/C24H27N/c1-4-18(2)19(3)25-24-13-9-8-12-23(24)22-16-14-21(15-17-22)20-10-6-5-7-11-20/h5-19,25H,4H2,1-3H3. The average Bonchev–Trinajstić information content (AvgIpc) is 2.68. The maximum Gasteiger partial charge on any atom is 0.0422 e. The Hall–Kier alpha value is -2.54. The molecule has 128 valence electrons. The van der Waals surface area contributed by atoms with E-state index >= 15 is 0 Å². The molecule has 25 heavy (non-hydrogen) atoms. The molecular formula is C24H27N. The Balaban J connectivity index is 1.87. The van der Waals surface area contributed by atoms with Crippen LogP contribution in [0, 0.1) is 5.92 Å². The minimum Gasteiger partial charge on any atom is -0.382 e. The fraction of sp³-hybridized carbons (Fsp3) is 0.250. The van der Waals surface area contributed by atoms with E-state index in [1.807, 2.05) is 0 Å². The van der Waals surface area contributed by atoms with Crippen LogP contribution in [0.4, 0.5) is 5.69 Å². The Morgan fingerprint density at radius 1 is 0.680 bits per heavy atom. The number of benzene rings is 3. The van der Waals surface area contributed by atoms with Gasteiger partial charge in [-0.3, -0.25) is 0 Å². The summed E-state index contributed by atoms with van der Waals surface area (Å²) in [7, 11) is 0. The Bertz CT molecular complexity index is 790. The molecule has 0 aromatic heterocycles. The van der Waals surface area contributed by atoms with Gasteiger partial charge in [0.2, 0.25) is 0 Å². The summed E-state index contributed by atoms with van der Waals surface area (Å²) in [6, 6.07) is 28.4. The molecule has 0 radical (unpaired) electrons. The lowest BCUT2D eigenvalue weighted by Crippen LogP contribution is -2.23. The van der Waals surface area contributed by atoms with E-state index < -0.39 is 0 Å². The van der Waals surface area contributed by atoms with Gasteiger partial charge < -0.3 is 5.32 Å². The number of hydrogen-bond acceptors (Lipinski definition) is 1. The second-order valence-corrected chi connectivity index (χ2v) is 6.81. The summed E-state index contributed by atoms with van der Waals surface area (Å²) in [4.78, 5) is 0. The first-order chi connectivity index (χ1) is 12.2. The van der Waals surface area contributed by atoms with Crippen molar-refractivity contribution in [1.29, 1.82) is 0 Å². The molecule has 0 saturated heterocycles. The van der Waals surface area contributed by atoms with Gasteiger partial charge in [-0.05, 0) is 35.6 Å². The summed E-state index contributed by atoms with van der Waals surface area (Å²) in [5, 5.41) is 3.71. The highest BCUT2D eigenvalue weighted by molar-refractivity contribution is 5.79. The molecule has 1 N–H and O–H groups in total. The second-order valence-electron chi connectivity index (χ2n) is 6.81. The Labute approximate surface area is 151 Å². The van der Waals surface area contributed by atoms with E-state index in [1.165, 1.54) is 34.4 Å². The van der Waals surface area contributed by atoms with Gasteiger partial charge in [0, 0.05) is 17.3 Å². The van der Waals surface area contributed by atoms with Crippen LogP contribution in [0.3, 0.4) is 0 Å². The molecule has 0 aliphatic heterocycles. The predicted octanol–water partition coefficient (Wildman–Crippen LogP) is 6.87. The van der Waals surface area contributed by atoms with E-state index in [2.05, 4.69) is 105 Å². The summed E-state index contributed by atoms with van der Waals surface area (Å²) in [5.74, 6) is 0.647. The Morgan fingerprint density at radius 3 is 1.92 bits per heavy atom. The van der Waals surface area contributed by atoms with Crippen molar-refractivity contribution in [3.63, 3.8) is 0 Å². The molecule has 0 amide bonds. The zero-order valence-electron chi connectivity index (χ0n) is 15.4. The maximum absolute atomic E-state index is 3.71. The molecule has 1 nitrogen and oxygen atoms in total. The van der Waals surface area contributed by atoms with Crippen molar-refractivity contribution >= 4 is 5.69 Å². The van der Waals surface area contributed by atoms with Crippen LogP contribution in [-0.4, -0.2) is 6.04 Å². The predicted molar refractivity (Wildman–Crippen MR) is 110 cm³/mol. The first-order valence-corrected chi connectivity index (χ1v) is 9.20. The first-order valence-electron chi connectivity index (χ1n) is 9.20. The highest BCUT2D eigenvalue weighted by Gasteiger charge is 2.12. The summed E-state index contributed by atoms with van der Waals surface area (Å²) >= 11 is 0. The van der Waals surface area contributed by atoms with Gasteiger partial charge in [-0.2, -0.15) is 0 Å². The zero-order chi connectivity index (χ0) is 17.6. The highest BCUT2D eigenvalue weighted by Crippen LogP contribution is 2.31. The molecule has 3 aromatic rings. The lowest BCUT2D eigenvalue weighted by atomic mass is 9.97. The lowest BCUT2D eigenvalue weighted by Gasteiger charge is -2.23. The summed E-state index contributed by atoms with van der Waals surface area (Å²) in [6.45, 7) is 6.81. The van der Waals surface area contributed by atoms with Crippen molar-refractivity contribution in [2.75, 3.05) is 5.32 Å². The Morgan fingerprint density at radius 2 is 1.24 bits per heavy atom. The van der Waals surface area contributed by atoms with Crippen LogP contribution < -0.4 is 5.32 Å². The summed E-state index contributed by atoms with van der Waals surface area (Å²) in [5.41, 5.74) is 6.23. The number of rotatable bonds is 6. The minimum absolute atomic E-state index is 0.453. The first kappa shape index (κ1) is 17.3. The minimum atomic E-state index is 0.453. The van der Waals surface area contributed by atoms with Crippen LogP contribution >= 0.6 is 0 Å². The number of hydrogen-bond donors (Lipinski definition) is 1. The highest BCUT2D eigenvalue weighted by atomic mass is 14.9. The molecule has 0 spiro atoms. The van der Waals surface area contributed by atoms with E-state index in [0.29, 0.717) is 12.0 Å². The van der Waals surface area contributed by atoms with Crippen molar-refractivity contribution in [2.45, 2.75) is 33.2 Å². The fourth-order valence-corrected chi connectivity index (χ4v) is 3.07. The molecule has 0 heterocycles. The molecule has 0 saturated carbocycles. The smallest absolute Gasteiger partial charge is 0.0422 e. The van der Waals surface area contributed by atoms with E-state index in [-0.39, 0.29) is 0 Å². The normalized spacial score (nSPS) is 13.2. The molecule has 0 aliphatic carbocycles. The van der Waals surface area contributed by atoms with Crippen LogP contribution in [0.2, 0.25) is 0 Å². The van der Waals surface area contributed by atoms with Gasteiger partial charge in [0.25, 0.3) is 0 Å². The van der Waals surface area contributed by atoms with Crippen LogP contribution in [-0.2, 0) is 0 Å². The van der Waals surface area contributed by atoms with Gasteiger partial charge in [0.05, 0.1) is 0 Å². The topological polar surface area (TPSA) is 12.0 Å². The SMILES string of the molecule is CCC(C)C(C)Nc1ccccc1-c1ccc(-c2ccccc2)cc1. The van der Waals surface area contributed by atoms with Crippen molar-refractivity contribution < 1.29 is 0 Å². The molecule has 0 aliphatic rings. The maximum atomic E-state index is 3.71. The third-order valence-corrected chi connectivity index (χ3v) is 5.11. The molecule has 3 rings (SSSR count). The van der Waals surface area contributed by atoms with Gasteiger partial charge in [-0.15, -0.1) is 0 Å². The molecule has 2 unspecified atom stereocenters. The molecule has 0 bridgehead atoms. The van der Waals surface area contributed by atoms with Crippen molar-refractivity contribution in [1.82, 2.24) is 0 Å². The zero-order valence-corrected chi connectivity index (χ0v) is 15.4. The van der Waals surface area contributed by atoms with E-state index in [0.717, 1.165) is 0 Å². The molecule has 0 fully saturated rings. The molecular weight excluding hydrogens is 302 g/mol. The van der Waals surface area contributed by atoms with Gasteiger partial charge in [0.15, 0.2) is 0 Å². The fourth-order valence-electron chi connectivity index (χ4n) is 3.07. The average molecular weight is 329 g/mol. The number of anilines is 1. The van der Waals surface area contributed by atoms with Crippen molar-refractivity contribution in [3.05, 3.63) is 78.9 Å². The largest absolute Gasteiger partial charge is 0.382 e. The van der Waals surface area contributed by atoms with Crippen LogP contribution in [0.15, 0.2) is 78.9 Å². The van der Waals surface area contributed by atoms with Gasteiger partial charge in [-0.25, -0.2) is 0 Å².